The molecular weight excluding hydrogens is 602 g/mol. The van der Waals surface area contributed by atoms with E-state index in [1.54, 1.807) is 0 Å². The third kappa shape index (κ3) is 6.19. The van der Waals surface area contributed by atoms with E-state index in [0.717, 1.165) is 35.2 Å². The summed E-state index contributed by atoms with van der Waals surface area (Å²) in [6.07, 6.45) is 21.2. The van der Waals surface area contributed by atoms with Crippen molar-refractivity contribution in [2.24, 2.45) is 50.7 Å². The molecule has 0 N–H and O–H groups in total. The van der Waals surface area contributed by atoms with Crippen molar-refractivity contribution in [2.75, 3.05) is 27.2 Å². The van der Waals surface area contributed by atoms with E-state index in [-0.39, 0.29) is 42.9 Å². The first-order valence-corrected chi connectivity index (χ1v) is 19.7. The zero-order chi connectivity index (χ0) is 32.7. The zero-order valence-electron chi connectivity index (χ0n) is 31.7. The maximum absolute atomic E-state index is 13.4. The van der Waals surface area contributed by atoms with Gasteiger partial charge in [0.05, 0.1) is 32.3 Å². The highest BCUT2D eigenvalue weighted by molar-refractivity contribution is 5.70. The van der Waals surface area contributed by atoms with Gasteiger partial charge in [-0.05, 0) is 116 Å². The molecular formula is C42H76ClNO3. The zero-order valence-corrected chi connectivity index (χ0v) is 32.5. The van der Waals surface area contributed by atoms with Crippen molar-refractivity contribution in [1.29, 1.82) is 0 Å². The standard InChI is InChI=1S/C41H72NO3.CH4.ClH/c1-11-12-13-14-15-16-27-42(9,10)28-33(43)44-32-20-21-38(6)30(37(32,4)5)19-22-40(8)31(38)18-17-29-34-35-36(2,3)23-25-41(34,45-35)26-24-39(29,40)7;;/h29-32,34-35H,11-28H2,1-10H3;1H4;1H/q+1;;/p-1/t29-,30+,31-,32+,34+,35-,38+,39-,40-,41+;;/m1../s1. The molecule has 6 rings (SSSR count). The van der Waals surface area contributed by atoms with E-state index in [2.05, 4.69) is 69.5 Å². The highest BCUT2D eigenvalue weighted by Gasteiger charge is 2.75. The third-order valence-corrected chi connectivity index (χ3v) is 16.6. The van der Waals surface area contributed by atoms with Gasteiger partial charge in [0.15, 0.2) is 6.54 Å². The lowest BCUT2D eigenvalue weighted by Gasteiger charge is -2.77. The second-order valence-corrected chi connectivity index (χ2v) is 20.2. The van der Waals surface area contributed by atoms with Gasteiger partial charge in [0.1, 0.15) is 6.10 Å². The van der Waals surface area contributed by atoms with Crippen LogP contribution >= 0.6 is 0 Å². The van der Waals surface area contributed by atoms with Crippen molar-refractivity contribution in [1.82, 2.24) is 0 Å². The van der Waals surface area contributed by atoms with Gasteiger partial charge < -0.3 is 26.4 Å². The van der Waals surface area contributed by atoms with Crippen molar-refractivity contribution in [3.8, 4) is 0 Å². The lowest BCUT2D eigenvalue weighted by Crippen LogP contribution is -3.00. The fourth-order valence-electron chi connectivity index (χ4n) is 13.7. The smallest absolute Gasteiger partial charge is 0.362 e. The molecule has 5 heteroatoms. The van der Waals surface area contributed by atoms with Crippen LogP contribution in [-0.2, 0) is 14.3 Å². The number of carbonyl (C=O) groups is 1. The minimum absolute atomic E-state index is 0. The molecule has 0 aromatic carbocycles. The molecule has 0 aromatic rings. The summed E-state index contributed by atoms with van der Waals surface area (Å²) in [5.74, 6) is 2.98. The van der Waals surface area contributed by atoms with Crippen LogP contribution in [0.4, 0.5) is 0 Å². The molecule has 0 aromatic heterocycles. The van der Waals surface area contributed by atoms with Crippen LogP contribution in [0.15, 0.2) is 0 Å². The Balaban J connectivity index is 0.00000250. The molecule has 2 saturated heterocycles. The summed E-state index contributed by atoms with van der Waals surface area (Å²) in [4.78, 5) is 13.4. The van der Waals surface area contributed by atoms with Crippen LogP contribution in [0.1, 0.15) is 166 Å². The summed E-state index contributed by atoms with van der Waals surface area (Å²) < 4.78 is 14.1. The van der Waals surface area contributed by atoms with Gasteiger partial charge in [-0.2, -0.15) is 0 Å². The first kappa shape index (κ1) is 39.5. The van der Waals surface area contributed by atoms with Crippen LogP contribution in [0.3, 0.4) is 0 Å². The van der Waals surface area contributed by atoms with E-state index in [9.17, 15) is 4.79 Å². The number of esters is 1. The van der Waals surface area contributed by atoms with Gasteiger partial charge in [0.25, 0.3) is 0 Å². The molecule has 6 aliphatic rings. The van der Waals surface area contributed by atoms with Crippen LogP contribution < -0.4 is 12.4 Å². The lowest BCUT2D eigenvalue weighted by atomic mass is 9.31. The number of ether oxygens (including phenoxy) is 2. The number of halogens is 1. The van der Waals surface area contributed by atoms with Crippen LogP contribution in [0.2, 0.25) is 0 Å². The van der Waals surface area contributed by atoms with Gasteiger partial charge in [0, 0.05) is 11.3 Å². The van der Waals surface area contributed by atoms with Gasteiger partial charge in [-0.3, -0.25) is 0 Å². The van der Waals surface area contributed by atoms with E-state index >= 15 is 0 Å². The predicted octanol–water partition coefficient (Wildman–Crippen LogP) is 7.62. The molecule has 0 radical (unpaired) electrons. The second-order valence-electron chi connectivity index (χ2n) is 20.2. The number of quaternary nitrogens is 1. The average Bonchev–Trinajstić information content (AvgIpc) is 2.92. The molecule has 1 spiro atoms. The van der Waals surface area contributed by atoms with Crippen molar-refractivity contribution in [3.05, 3.63) is 0 Å². The van der Waals surface area contributed by atoms with Crippen molar-refractivity contribution < 1.29 is 31.2 Å². The normalized spacial score (nSPS) is 44.1. The number of nitrogens with zero attached hydrogens (tertiary/aromatic N) is 1. The SMILES string of the molecule is C.CCCCCCCC[N+](C)(C)CC(=O)O[C@H]1CC[C@]2(C)[C@H]3CC[C@@H]4[C@H]5[C@H]6O[C@@]5(CCC6(C)C)CC[C@@]4(C)[C@]3(C)CC[C@H]2C1(C)C.[Cl-]. The number of carbonyl (C=O) groups excluding carboxylic acids is 1. The number of hydrogen-bond donors (Lipinski definition) is 0. The maximum atomic E-state index is 13.4. The molecule has 4 nitrogen and oxygen atoms in total. The second kappa shape index (κ2) is 13.3. The Hall–Kier alpha value is -0.320. The number of hydrogen-bond acceptors (Lipinski definition) is 3. The van der Waals surface area contributed by atoms with Gasteiger partial charge in [-0.15, -0.1) is 0 Å². The van der Waals surface area contributed by atoms with Gasteiger partial charge >= 0.3 is 5.97 Å². The Morgan fingerprint density at radius 3 is 2.11 bits per heavy atom. The van der Waals surface area contributed by atoms with Gasteiger partial charge in [-0.25, -0.2) is 4.79 Å². The monoisotopic (exact) mass is 678 g/mol. The molecule has 47 heavy (non-hydrogen) atoms. The molecule has 4 aliphatic carbocycles. The Morgan fingerprint density at radius 1 is 0.766 bits per heavy atom. The van der Waals surface area contributed by atoms with Crippen LogP contribution in [0, 0.1) is 50.7 Å². The Morgan fingerprint density at radius 2 is 1.43 bits per heavy atom. The minimum Gasteiger partial charge on any atom is -1.00 e. The Labute approximate surface area is 297 Å². The first-order chi connectivity index (χ1) is 21.0. The minimum atomic E-state index is 0. The van der Waals surface area contributed by atoms with E-state index in [1.807, 2.05) is 0 Å². The van der Waals surface area contributed by atoms with Crippen molar-refractivity contribution >= 4 is 5.97 Å². The highest BCUT2D eigenvalue weighted by atomic mass is 35.5. The molecule has 6 fully saturated rings. The van der Waals surface area contributed by atoms with Gasteiger partial charge in [-0.1, -0.05) is 88.5 Å². The number of unbranched alkanes of at least 4 members (excludes halogenated alkanes) is 5. The maximum Gasteiger partial charge on any atom is 0.362 e. The summed E-state index contributed by atoms with van der Waals surface area (Å²) >= 11 is 0. The summed E-state index contributed by atoms with van der Waals surface area (Å²) in [5.41, 5.74) is 1.65. The Bertz CT molecular complexity index is 1120. The molecule has 10 atom stereocenters. The molecule has 274 valence electrons. The van der Waals surface area contributed by atoms with Crippen LogP contribution in [0.5, 0.6) is 0 Å². The summed E-state index contributed by atoms with van der Waals surface area (Å²) in [7, 11) is 4.43. The summed E-state index contributed by atoms with van der Waals surface area (Å²) in [6, 6.07) is 0. The largest absolute Gasteiger partial charge is 1.00 e. The van der Waals surface area contributed by atoms with Gasteiger partial charge in [0.2, 0.25) is 0 Å². The first-order valence-electron chi connectivity index (χ1n) is 19.7. The lowest BCUT2D eigenvalue weighted by molar-refractivity contribution is -0.883. The highest BCUT2D eigenvalue weighted by Crippen LogP contribution is 2.78. The van der Waals surface area contributed by atoms with E-state index in [1.165, 1.54) is 96.3 Å². The topological polar surface area (TPSA) is 35.5 Å². The van der Waals surface area contributed by atoms with E-state index in [4.69, 9.17) is 9.47 Å². The molecule has 2 heterocycles. The number of rotatable bonds is 10. The Kier molecular flexibility index (Phi) is 11.2. The molecule has 2 bridgehead atoms. The molecule has 4 saturated carbocycles. The average molecular weight is 679 g/mol. The van der Waals surface area contributed by atoms with Crippen LogP contribution in [0.25, 0.3) is 0 Å². The third-order valence-electron chi connectivity index (χ3n) is 16.6. The summed E-state index contributed by atoms with van der Waals surface area (Å²) in [6.45, 7) is 21.9. The number of likely N-dealkylation sites (N-methyl/N-ethyl adjacent to an activating group) is 1. The van der Waals surface area contributed by atoms with Crippen LogP contribution in [-0.4, -0.2) is 55.4 Å². The van der Waals surface area contributed by atoms with Crippen molar-refractivity contribution in [2.45, 2.75) is 183 Å². The fraction of sp³-hybridized carbons (Fsp3) is 0.976. The quantitative estimate of drug-likeness (QED) is 0.136. The summed E-state index contributed by atoms with van der Waals surface area (Å²) in [5, 5.41) is 0. The van der Waals surface area contributed by atoms with E-state index < -0.39 is 0 Å². The molecule has 0 amide bonds. The molecule has 0 unspecified atom stereocenters. The predicted molar refractivity (Wildman–Crippen MR) is 191 cm³/mol. The van der Waals surface area contributed by atoms with Crippen molar-refractivity contribution in [3.63, 3.8) is 0 Å². The molecule has 2 aliphatic heterocycles. The number of fused-ring (bicyclic) bond motifs is 8. The van der Waals surface area contributed by atoms with E-state index in [0.29, 0.717) is 40.2 Å². The fourth-order valence-corrected chi connectivity index (χ4v) is 13.7.